The van der Waals surface area contributed by atoms with Gasteiger partial charge in [0.2, 0.25) is 5.91 Å². The van der Waals surface area contributed by atoms with Gasteiger partial charge in [-0.15, -0.1) is 0 Å². The van der Waals surface area contributed by atoms with E-state index in [1.54, 1.807) is 6.08 Å². The van der Waals surface area contributed by atoms with Gasteiger partial charge < -0.3 is 45.1 Å². The van der Waals surface area contributed by atoms with Crippen molar-refractivity contribution in [3.8, 4) is 0 Å². The molecule has 0 spiro atoms. The van der Waals surface area contributed by atoms with Crippen molar-refractivity contribution in [1.29, 1.82) is 0 Å². The normalized spacial score (nSPS) is 18.7. The molecule has 0 aliphatic carbocycles. The van der Waals surface area contributed by atoms with E-state index in [9.17, 15) is 35.1 Å². The molecule has 0 aromatic rings. The van der Waals surface area contributed by atoms with Crippen LogP contribution in [0.15, 0.2) is 48.6 Å². The average molecular weight is 1190 g/mol. The Kier molecular flexibility index (Phi) is 57.7. The maximum absolute atomic E-state index is 13.5. The molecule has 1 fully saturated rings. The van der Waals surface area contributed by atoms with Gasteiger partial charge in [-0.2, -0.15) is 0 Å². The van der Waals surface area contributed by atoms with Crippen LogP contribution in [-0.4, -0.2) is 99.6 Å². The SMILES string of the molecule is CCCCC/C=C\C/C=C\CCCCCCCCCCCCCCCCCCC(O)C(=O)NC(COC1OC(CO)C(O)C(O)C1OC(=O)CCCCCCCCC/C=C/CCCCCCCC)C(O)/C=C/CCCCCCCCCCCC. The van der Waals surface area contributed by atoms with Crippen LogP contribution in [-0.2, 0) is 23.8 Å². The highest BCUT2D eigenvalue weighted by Gasteiger charge is 2.47. The Morgan fingerprint density at radius 3 is 1.25 bits per heavy atom. The van der Waals surface area contributed by atoms with E-state index in [1.165, 1.54) is 218 Å². The second-order valence-corrected chi connectivity index (χ2v) is 25.0. The number of rotatable bonds is 62. The van der Waals surface area contributed by atoms with Gasteiger partial charge in [0.05, 0.1) is 25.4 Å². The van der Waals surface area contributed by atoms with Gasteiger partial charge in [-0.3, -0.25) is 9.59 Å². The van der Waals surface area contributed by atoms with Crippen molar-refractivity contribution in [2.24, 2.45) is 0 Å². The molecule has 1 aliphatic heterocycles. The Balaban J connectivity index is 2.55. The quantitative estimate of drug-likeness (QED) is 0.0195. The summed E-state index contributed by atoms with van der Waals surface area (Å²) in [7, 11) is 0. The Hall–Kier alpha value is -2.38. The largest absolute Gasteiger partial charge is 0.454 e. The molecule has 1 saturated heterocycles. The number of carbonyl (C=O) groups is 2. The van der Waals surface area contributed by atoms with E-state index in [0.717, 1.165) is 77.0 Å². The molecule has 0 bridgehead atoms. The summed E-state index contributed by atoms with van der Waals surface area (Å²) >= 11 is 0. The van der Waals surface area contributed by atoms with E-state index in [0.29, 0.717) is 19.3 Å². The first kappa shape index (κ1) is 79.6. The first-order valence-electron chi connectivity index (χ1n) is 35.9. The van der Waals surface area contributed by atoms with Crippen molar-refractivity contribution in [2.75, 3.05) is 13.2 Å². The Morgan fingerprint density at radius 1 is 0.464 bits per heavy atom. The fourth-order valence-electron chi connectivity index (χ4n) is 11.3. The lowest BCUT2D eigenvalue weighted by Crippen LogP contribution is -2.61. The van der Waals surface area contributed by atoms with Gasteiger partial charge in [0.1, 0.15) is 24.4 Å². The van der Waals surface area contributed by atoms with Crippen LogP contribution < -0.4 is 5.32 Å². The fraction of sp³-hybridized carbons (Fsp3) is 0.863. The van der Waals surface area contributed by atoms with Crippen LogP contribution in [0, 0.1) is 0 Å². The van der Waals surface area contributed by atoms with E-state index in [2.05, 4.69) is 62.5 Å². The number of nitrogens with one attached hydrogen (secondary N) is 1. The summed E-state index contributed by atoms with van der Waals surface area (Å²) in [6.45, 7) is 5.80. The lowest BCUT2D eigenvalue weighted by atomic mass is 9.99. The van der Waals surface area contributed by atoms with Crippen molar-refractivity contribution in [2.45, 2.75) is 391 Å². The summed E-state index contributed by atoms with van der Waals surface area (Å²) in [6, 6.07) is -1.02. The second kappa shape index (κ2) is 60.9. The van der Waals surface area contributed by atoms with Gasteiger partial charge in [0.15, 0.2) is 12.4 Å². The highest BCUT2D eigenvalue weighted by atomic mass is 16.7. The van der Waals surface area contributed by atoms with Crippen LogP contribution in [0.1, 0.15) is 342 Å². The lowest BCUT2D eigenvalue weighted by molar-refractivity contribution is -0.305. The van der Waals surface area contributed by atoms with E-state index >= 15 is 0 Å². The topological polar surface area (TPSA) is 175 Å². The highest BCUT2D eigenvalue weighted by molar-refractivity contribution is 5.80. The number of hydrogen-bond acceptors (Lipinski definition) is 10. The zero-order chi connectivity index (χ0) is 61.0. The monoisotopic (exact) mass is 1190 g/mol. The second-order valence-electron chi connectivity index (χ2n) is 25.0. The molecular weight excluding hydrogens is 1050 g/mol. The molecule has 8 atom stereocenters. The third-order valence-corrected chi connectivity index (χ3v) is 17.0. The summed E-state index contributed by atoms with van der Waals surface area (Å²) in [6.07, 6.45) is 65.8. The Bertz CT molecular complexity index is 1550. The van der Waals surface area contributed by atoms with E-state index in [1.807, 2.05) is 6.08 Å². The summed E-state index contributed by atoms with van der Waals surface area (Å²) in [5.41, 5.74) is 0. The minimum Gasteiger partial charge on any atom is -0.454 e. The van der Waals surface area contributed by atoms with Gasteiger partial charge in [0.25, 0.3) is 0 Å². The molecule has 0 saturated carbocycles. The maximum atomic E-state index is 13.5. The van der Waals surface area contributed by atoms with E-state index in [-0.39, 0.29) is 13.0 Å². The smallest absolute Gasteiger partial charge is 0.306 e. The molecule has 11 nitrogen and oxygen atoms in total. The van der Waals surface area contributed by atoms with E-state index in [4.69, 9.17) is 14.2 Å². The van der Waals surface area contributed by atoms with E-state index < -0.39 is 67.4 Å². The zero-order valence-electron chi connectivity index (χ0n) is 54.8. The average Bonchev–Trinajstić information content (AvgIpc) is 3.67. The minimum absolute atomic E-state index is 0.121. The predicted octanol–water partition coefficient (Wildman–Crippen LogP) is 18.3. The number of allylic oxidation sites excluding steroid dienone is 7. The van der Waals surface area contributed by atoms with Crippen LogP contribution in [0.2, 0.25) is 0 Å². The number of carbonyl (C=O) groups excluding carboxylic acids is 2. The van der Waals surface area contributed by atoms with Gasteiger partial charge in [-0.1, -0.05) is 301 Å². The third kappa shape index (κ3) is 47.7. The predicted molar refractivity (Wildman–Crippen MR) is 352 cm³/mol. The number of esters is 1. The van der Waals surface area contributed by atoms with Gasteiger partial charge in [0, 0.05) is 6.42 Å². The maximum Gasteiger partial charge on any atom is 0.306 e. The Morgan fingerprint density at radius 2 is 0.821 bits per heavy atom. The van der Waals surface area contributed by atoms with Crippen molar-refractivity contribution in [3.63, 3.8) is 0 Å². The first-order valence-corrected chi connectivity index (χ1v) is 35.9. The highest BCUT2D eigenvalue weighted by Crippen LogP contribution is 2.26. The van der Waals surface area contributed by atoms with Gasteiger partial charge in [-0.05, 0) is 83.5 Å². The first-order chi connectivity index (χ1) is 41.2. The van der Waals surface area contributed by atoms with Crippen LogP contribution in [0.3, 0.4) is 0 Å². The standard InChI is InChI=1S/C73H135NO10/c1-4-7-10-13-16-19-22-25-27-29-30-31-32-33-34-35-36-37-39-40-42-45-48-51-54-57-60-66(77)72(81)74-64(65(76)59-56-53-50-47-44-24-21-18-15-12-9-6-3)63-82-73-71(70(80)69(79)67(62-75)83-73)84-68(78)61-58-55-52-49-46-43-41-38-28-26-23-20-17-14-11-8-5-2/h16,19,25-28,56,59,64-67,69-71,73,75-77,79-80H,4-15,17-18,20-24,29-55,57-58,60-63H2,1-3H3,(H,74,81)/b19-16-,27-25-,28-26+,59-56+. The molecule has 8 unspecified atom stereocenters. The molecule has 492 valence electrons. The number of hydrogen-bond donors (Lipinski definition) is 6. The summed E-state index contributed by atoms with van der Waals surface area (Å²) < 4.78 is 17.7. The van der Waals surface area contributed by atoms with Gasteiger partial charge in [-0.25, -0.2) is 0 Å². The molecule has 1 heterocycles. The number of aliphatic hydroxyl groups excluding tert-OH is 5. The molecule has 1 rings (SSSR count). The molecule has 0 aromatic heterocycles. The van der Waals surface area contributed by atoms with Crippen molar-refractivity contribution < 1.29 is 49.3 Å². The number of aliphatic hydroxyl groups is 5. The molecule has 6 N–H and O–H groups in total. The number of amides is 1. The van der Waals surface area contributed by atoms with Crippen molar-refractivity contribution >= 4 is 11.9 Å². The van der Waals surface area contributed by atoms with Crippen LogP contribution in [0.4, 0.5) is 0 Å². The van der Waals surface area contributed by atoms with Crippen LogP contribution in [0.5, 0.6) is 0 Å². The molecule has 1 amide bonds. The summed E-state index contributed by atoms with van der Waals surface area (Å²) in [5.74, 6) is -1.19. The van der Waals surface area contributed by atoms with Gasteiger partial charge >= 0.3 is 5.97 Å². The Labute approximate surface area is 516 Å². The third-order valence-electron chi connectivity index (χ3n) is 17.0. The van der Waals surface area contributed by atoms with Crippen molar-refractivity contribution in [3.05, 3.63) is 48.6 Å². The van der Waals surface area contributed by atoms with Crippen LogP contribution >= 0.6 is 0 Å². The zero-order valence-corrected chi connectivity index (χ0v) is 54.8. The number of unbranched alkanes of at least 4 members (excludes halogenated alkanes) is 42. The molecular formula is C73H135NO10. The summed E-state index contributed by atoms with van der Waals surface area (Å²) in [4.78, 5) is 26.7. The van der Waals surface area contributed by atoms with Crippen LogP contribution in [0.25, 0.3) is 0 Å². The molecule has 11 heteroatoms. The fourth-order valence-corrected chi connectivity index (χ4v) is 11.3. The minimum atomic E-state index is -1.61. The number of ether oxygens (including phenoxy) is 3. The molecule has 84 heavy (non-hydrogen) atoms. The molecule has 0 aromatic carbocycles. The molecule has 1 aliphatic rings. The van der Waals surface area contributed by atoms with Crippen molar-refractivity contribution in [1.82, 2.24) is 5.32 Å². The molecule has 0 radical (unpaired) electrons. The lowest BCUT2D eigenvalue weighted by Gasteiger charge is -2.41. The summed E-state index contributed by atoms with van der Waals surface area (Å²) in [5, 5.41) is 57.2.